The van der Waals surface area contributed by atoms with Crippen LogP contribution in [0.4, 0.5) is 0 Å². The maximum Gasteiger partial charge on any atom is 0.306 e. The molecule has 1 aliphatic heterocycles. The first-order valence-electron chi connectivity index (χ1n) is 5.25. The number of rotatable bonds is 0. The lowest BCUT2D eigenvalue weighted by molar-refractivity contribution is -0.143. The molecule has 0 unspecified atom stereocenters. The maximum atomic E-state index is 11.1. The minimum absolute atomic E-state index is 0.175. The van der Waals surface area contributed by atoms with E-state index in [1.54, 1.807) is 12.2 Å². The zero-order valence-corrected chi connectivity index (χ0v) is 8.74. The first-order valence-corrected chi connectivity index (χ1v) is 5.25. The molecule has 1 heterocycles. The van der Waals surface area contributed by atoms with E-state index in [0.717, 1.165) is 19.3 Å². The van der Waals surface area contributed by atoms with Gasteiger partial charge in [0.15, 0.2) is 0 Å². The van der Waals surface area contributed by atoms with Gasteiger partial charge in [0.05, 0.1) is 0 Å². The van der Waals surface area contributed by atoms with E-state index < -0.39 is 0 Å². The summed E-state index contributed by atoms with van der Waals surface area (Å²) in [5, 5.41) is 0. The zero-order valence-electron chi connectivity index (χ0n) is 8.74. The smallest absolute Gasteiger partial charge is 0.306 e. The number of esters is 2. The Kier molecular flexibility index (Phi) is 5.51. The molecule has 0 bridgehead atoms. The highest BCUT2D eigenvalue weighted by Crippen LogP contribution is 2.05. The molecule has 0 atom stereocenters. The van der Waals surface area contributed by atoms with Gasteiger partial charge < -0.3 is 9.47 Å². The van der Waals surface area contributed by atoms with E-state index >= 15 is 0 Å². The minimum atomic E-state index is -0.175. The van der Waals surface area contributed by atoms with Crippen LogP contribution in [0.25, 0.3) is 0 Å². The van der Waals surface area contributed by atoms with Gasteiger partial charge in [-0.3, -0.25) is 9.59 Å². The van der Waals surface area contributed by atoms with Crippen LogP contribution in [0.1, 0.15) is 32.1 Å². The summed E-state index contributed by atoms with van der Waals surface area (Å²) in [5.41, 5.74) is 0. The summed E-state index contributed by atoms with van der Waals surface area (Å²) in [6.45, 7) is 0.521. The molecule has 0 fully saturated rings. The lowest BCUT2D eigenvalue weighted by atomic mass is 10.1. The van der Waals surface area contributed by atoms with Crippen molar-refractivity contribution in [2.45, 2.75) is 32.1 Å². The van der Waals surface area contributed by atoms with Gasteiger partial charge in [0.25, 0.3) is 0 Å². The van der Waals surface area contributed by atoms with Gasteiger partial charge in [0.1, 0.15) is 13.2 Å². The number of cyclic esters (lactones) is 2. The molecule has 0 aliphatic carbocycles. The molecule has 4 nitrogen and oxygen atoms in total. The van der Waals surface area contributed by atoms with E-state index in [4.69, 9.17) is 9.47 Å². The molecule has 1 aliphatic rings. The third-order valence-corrected chi connectivity index (χ3v) is 2.11. The molecule has 0 saturated heterocycles. The van der Waals surface area contributed by atoms with Gasteiger partial charge in [-0.25, -0.2) is 0 Å². The summed E-state index contributed by atoms with van der Waals surface area (Å²) in [7, 11) is 0. The van der Waals surface area contributed by atoms with Gasteiger partial charge in [0, 0.05) is 12.8 Å². The van der Waals surface area contributed by atoms with Gasteiger partial charge in [-0.05, 0) is 25.0 Å². The van der Waals surface area contributed by atoms with Crippen LogP contribution in [0.2, 0.25) is 0 Å². The fourth-order valence-electron chi connectivity index (χ4n) is 1.28. The number of ether oxygens (including phenoxy) is 2. The predicted molar refractivity (Wildman–Crippen MR) is 54.1 cm³/mol. The molecule has 0 N–H and O–H groups in total. The van der Waals surface area contributed by atoms with E-state index in [2.05, 4.69) is 0 Å². The predicted octanol–water partition coefficient (Wildman–Crippen LogP) is 1.59. The van der Waals surface area contributed by atoms with Gasteiger partial charge in [-0.15, -0.1) is 0 Å². The fraction of sp³-hybridized carbons (Fsp3) is 0.636. The fourth-order valence-corrected chi connectivity index (χ4v) is 1.28. The molecular weight excluding hydrogens is 196 g/mol. The first kappa shape index (κ1) is 11.8. The zero-order chi connectivity index (χ0) is 10.9. The van der Waals surface area contributed by atoms with Crippen molar-refractivity contribution < 1.29 is 19.1 Å². The molecule has 15 heavy (non-hydrogen) atoms. The molecule has 0 radical (unpaired) electrons. The summed E-state index contributed by atoms with van der Waals surface area (Å²) in [4.78, 5) is 22.2. The van der Waals surface area contributed by atoms with Crippen LogP contribution in [0, 0.1) is 0 Å². The molecule has 0 saturated carbocycles. The third kappa shape index (κ3) is 5.88. The van der Waals surface area contributed by atoms with Crippen molar-refractivity contribution in [3.63, 3.8) is 0 Å². The Morgan fingerprint density at radius 1 is 0.800 bits per heavy atom. The van der Waals surface area contributed by atoms with Gasteiger partial charge >= 0.3 is 11.9 Å². The Hall–Kier alpha value is -1.32. The van der Waals surface area contributed by atoms with Crippen LogP contribution in [-0.4, -0.2) is 25.2 Å². The van der Waals surface area contributed by atoms with Crippen molar-refractivity contribution in [3.8, 4) is 0 Å². The topological polar surface area (TPSA) is 52.6 Å². The van der Waals surface area contributed by atoms with Gasteiger partial charge in [-0.1, -0.05) is 6.42 Å². The molecule has 4 heteroatoms. The van der Waals surface area contributed by atoms with Crippen LogP contribution in [0.3, 0.4) is 0 Å². The van der Waals surface area contributed by atoms with E-state index in [1.165, 1.54) is 0 Å². The van der Waals surface area contributed by atoms with Crippen molar-refractivity contribution in [2.75, 3.05) is 13.2 Å². The summed E-state index contributed by atoms with van der Waals surface area (Å²) < 4.78 is 9.83. The van der Waals surface area contributed by atoms with E-state index in [1.807, 2.05) is 0 Å². The number of hydrogen-bond donors (Lipinski definition) is 0. The Morgan fingerprint density at radius 3 is 1.73 bits per heavy atom. The summed E-state index contributed by atoms with van der Waals surface area (Å²) in [5.74, 6) is -0.350. The van der Waals surface area contributed by atoms with Crippen LogP contribution in [0.5, 0.6) is 0 Å². The molecule has 0 aromatic carbocycles. The van der Waals surface area contributed by atoms with Crippen LogP contribution in [0.15, 0.2) is 12.2 Å². The van der Waals surface area contributed by atoms with Crippen molar-refractivity contribution in [2.24, 2.45) is 0 Å². The number of carbonyl (C=O) groups is 2. The van der Waals surface area contributed by atoms with E-state index in [-0.39, 0.29) is 25.2 Å². The van der Waals surface area contributed by atoms with Crippen molar-refractivity contribution >= 4 is 11.9 Å². The average Bonchev–Trinajstić information content (AvgIpc) is 2.23. The molecule has 0 aromatic rings. The third-order valence-electron chi connectivity index (χ3n) is 2.11. The second kappa shape index (κ2) is 7.04. The lowest BCUT2D eigenvalue weighted by Gasteiger charge is -2.01. The van der Waals surface area contributed by atoms with E-state index in [9.17, 15) is 9.59 Å². The Morgan fingerprint density at radius 2 is 1.27 bits per heavy atom. The Bertz CT molecular complexity index is 221. The van der Waals surface area contributed by atoms with Gasteiger partial charge in [-0.2, -0.15) is 0 Å². The standard InChI is InChI=1S/C11H16O4/c12-10-6-2-1-3-7-11(13)15-9-5-4-8-14-10/h4-5H,1-3,6-9H2/b5-4-. The SMILES string of the molecule is O=C1CCCCCC(=O)OC/C=C\CO1. The summed E-state index contributed by atoms with van der Waals surface area (Å²) >= 11 is 0. The second-order valence-electron chi connectivity index (χ2n) is 3.40. The minimum Gasteiger partial charge on any atom is -0.461 e. The maximum absolute atomic E-state index is 11.1. The lowest BCUT2D eigenvalue weighted by Crippen LogP contribution is -2.04. The van der Waals surface area contributed by atoms with E-state index in [0.29, 0.717) is 12.8 Å². The van der Waals surface area contributed by atoms with Crippen molar-refractivity contribution in [1.82, 2.24) is 0 Å². The highest BCUT2D eigenvalue weighted by molar-refractivity contribution is 5.70. The second-order valence-corrected chi connectivity index (χ2v) is 3.40. The quantitative estimate of drug-likeness (QED) is 0.452. The van der Waals surface area contributed by atoms with Crippen LogP contribution < -0.4 is 0 Å². The number of hydrogen-bond acceptors (Lipinski definition) is 4. The van der Waals surface area contributed by atoms with Crippen LogP contribution in [-0.2, 0) is 19.1 Å². The molecule has 84 valence electrons. The van der Waals surface area contributed by atoms with Gasteiger partial charge in [0.2, 0.25) is 0 Å². The monoisotopic (exact) mass is 212 g/mol. The molecule has 0 amide bonds. The highest BCUT2D eigenvalue weighted by atomic mass is 16.5. The number of carbonyl (C=O) groups excluding carboxylic acids is 2. The summed E-state index contributed by atoms with van der Waals surface area (Å²) in [6, 6.07) is 0. The normalized spacial score (nSPS) is 22.7. The highest BCUT2D eigenvalue weighted by Gasteiger charge is 2.05. The first-order chi connectivity index (χ1) is 7.29. The Labute approximate surface area is 89.2 Å². The van der Waals surface area contributed by atoms with Crippen molar-refractivity contribution in [3.05, 3.63) is 12.2 Å². The van der Waals surface area contributed by atoms with Crippen LogP contribution >= 0.6 is 0 Å². The van der Waals surface area contributed by atoms with Crippen molar-refractivity contribution in [1.29, 1.82) is 0 Å². The molecule has 0 aromatic heterocycles. The molecular formula is C11H16O4. The molecule has 1 rings (SSSR count). The Balaban J connectivity index is 2.34. The summed E-state index contributed by atoms with van der Waals surface area (Å²) in [6.07, 6.45) is 6.64. The average molecular weight is 212 g/mol. The largest absolute Gasteiger partial charge is 0.461 e. The molecule has 0 spiro atoms.